The van der Waals surface area contributed by atoms with Crippen LogP contribution in [0.2, 0.25) is 0 Å². The summed E-state index contributed by atoms with van der Waals surface area (Å²) in [5.74, 6) is 0. The molecule has 2 unspecified atom stereocenters. The highest BCUT2D eigenvalue weighted by Crippen LogP contribution is 2.26. The van der Waals surface area contributed by atoms with Crippen LogP contribution in [0.3, 0.4) is 0 Å². The molecule has 0 bridgehead atoms. The second kappa shape index (κ2) is 1.51. The topological polar surface area (TPSA) is 20.2 Å². The monoisotopic (exact) mass is 150 g/mol. The smallest absolute Gasteiger partial charge is 0.0665 e. The van der Waals surface area contributed by atoms with E-state index in [4.69, 9.17) is 5.11 Å². The van der Waals surface area contributed by atoms with Crippen molar-refractivity contribution in [3.8, 4) is 0 Å². The maximum Gasteiger partial charge on any atom is 0.0665 e. The number of hydrogen-bond acceptors (Lipinski definition) is 1. The maximum absolute atomic E-state index is 8.67. The first kappa shape index (κ1) is 4.60. The van der Waals surface area contributed by atoms with Crippen molar-refractivity contribution in [3.05, 3.63) is 0 Å². The lowest BCUT2D eigenvalue weighted by atomic mass is 9.96. The molecule has 1 aliphatic carbocycles. The average molecular weight is 151 g/mol. The molecule has 36 valence electrons. The van der Waals surface area contributed by atoms with Crippen molar-refractivity contribution in [1.82, 2.24) is 0 Å². The highest BCUT2D eigenvalue weighted by molar-refractivity contribution is 9.09. The van der Waals surface area contributed by atoms with Gasteiger partial charge in [0, 0.05) is 4.83 Å². The quantitative estimate of drug-likeness (QED) is 0.510. The molecule has 2 heteroatoms. The Morgan fingerprint density at radius 3 is 2.00 bits per heavy atom. The summed E-state index contributed by atoms with van der Waals surface area (Å²) in [6.45, 7) is 0. The lowest BCUT2D eigenvalue weighted by Crippen LogP contribution is -2.30. The van der Waals surface area contributed by atoms with Crippen LogP contribution in [-0.2, 0) is 0 Å². The predicted octanol–water partition coefficient (Wildman–Crippen LogP) is 0.905. The van der Waals surface area contributed by atoms with Crippen LogP contribution in [0, 0.1) is 0 Å². The van der Waals surface area contributed by atoms with E-state index in [1.807, 2.05) is 0 Å². The molecule has 0 aliphatic heterocycles. The molecular weight excluding hydrogens is 144 g/mol. The van der Waals surface area contributed by atoms with Crippen molar-refractivity contribution in [1.29, 1.82) is 0 Å². The van der Waals surface area contributed by atoms with Gasteiger partial charge in [0.25, 0.3) is 0 Å². The van der Waals surface area contributed by atoms with Crippen LogP contribution in [0.5, 0.6) is 0 Å². The van der Waals surface area contributed by atoms with E-state index in [9.17, 15) is 0 Å². The first-order valence-electron chi connectivity index (χ1n) is 2.13. The van der Waals surface area contributed by atoms with Crippen molar-refractivity contribution in [3.63, 3.8) is 0 Å². The lowest BCUT2D eigenvalue weighted by molar-refractivity contribution is 0.106. The Morgan fingerprint density at radius 1 is 1.50 bits per heavy atom. The van der Waals surface area contributed by atoms with Gasteiger partial charge in [-0.25, -0.2) is 0 Å². The molecule has 0 amide bonds. The largest absolute Gasteiger partial charge is 0.392 e. The van der Waals surface area contributed by atoms with Gasteiger partial charge in [0.1, 0.15) is 0 Å². The lowest BCUT2D eigenvalue weighted by Gasteiger charge is -2.26. The number of rotatable bonds is 0. The summed E-state index contributed by atoms with van der Waals surface area (Å²) in [7, 11) is 0. The van der Waals surface area contributed by atoms with Crippen molar-refractivity contribution < 1.29 is 5.11 Å². The normalized spacial score (nSPS) is 45.0. The van der Waals surface area contributed by atoms with Crippen LogP contribution in [0.15, 0.2) is 0 Å². The van der Waals surface area contributed by atoms with Crippen LogP contribution in [0.1, 0.15) is 12.8 Å². The zero-order valence-corrected chi connectivity index (χ0v) is 4.98. The molecule has 1 nitrogen and oxygen atoms in total. The van der Waals surface area contributed by atoms with Gasteiger partial charge in [-0.2, -0.15) is 0 Å². The summed E-state index contributed by atoms with van der Waals surface area (Å²) in [5, 5.41) is 8.67. The van der Waals surface area contributed by atoms with Gasteiger partial charge in [-0.05, 0) is 12.8 Å². The van der Waals surface area contributed by atoms with Gasteiger partial charge in [0.2, 0.25) is 0 Å². The molecule has 0 aromatic carbocycles. The fourth-order valence-electron chi connectivity index (χ4n) is 0.442. The van der Waals surface area contributed by atoms with Crippen molar-refractivity contribution >= 4 is 15.9 Å². The maximum atomic E-state index is 8.67. The van der Waals surface area contributed by atoms with E-state index in [-0.39, 0.29) is 6.10 Å². The third-order valence-corrected chi connectivity index (χ3v) is 2.22. The summed E-state index contributed by atoms with van der Waals surface area (Å²) >= 11 is 3.28. The Balaban J connectivity index is 2.20. The summed E-state index contributed by atoms with van der Waals surface area (Å²) in [4.78, 5) is 0.400. The molecule has 0 aromatic heterocycles. The van der Waals surface area contributed by atoms with E-state index >= 15 is 0 Å². The molecule has 0 heterocycles. The molecule has 1 N–H and O–H groups in total. The molecule has 0 aromatic rings. The Kier molecular flexibility index (Phi) is 1.15. The Morgan fingerprint density at radius 2 is 2.00 bits per heavy atom. The molecule has 2 atom stereocenters. The first-order valence-corrected chi connectivity index (χ1v) is 3.04. The highest BCUT2D eigenvalue weighted by Gasteiger charge is 2.25. The van der Waals surface area contributed by atoms with Gasteiger partial charge in [-0.3, -0.25) is 0 Å². The van der Waals surface area contributed by atoms with Gasteiger partial charge in [0.15, 0.2) is 0 Å². The van der Waals surface area contributed by atoms with Gasteiger partial charge in [-0.1, -0.05) is 15.9 Å². The van der Waals surface area contributed by atoms with E-state index in [0.717, 1.165) is 12.8 Å². The van der Waals surface area contributed by atoms with Crippen molar-refractivity contribution in [2.75, 3.05) is 0 Å². The van der Waals surface area contributed by atoms with E-state index < -0.39 is 0 Å². The summed E-state index contributed by atoms with van der Waals surface area (Å²) < 4.78 is 0. The zero-order valence-electron chi connectivity index (χ0n) is 3.39. The van der Waals surface area contributed by atoms with E-state index in [1.54, 1.807) is 0 Å². The molecule has 1 saturated carbocycles. The molecular formula is C4H7BrO. The zero-order chi connectivity index (χ0) is 4.57. The Hall–Kier alpha value is 0.440. The third kappa shape index (κ3) is 0.590. The minimum atomic E-state index is -0.0509. The predicted molar refractivity (Wildman–Crippen MR) is 28.0 cm³/mol. The molecule has 0 spiro atoms. The van der Waals surface area contributed by atoms with Crippen molar-refractivity contribution in [2.45, 2.75) is 23.8 Å². The third-order valence-electron chi connectivity index (χ3n) is 1.16. The number of halogens is 1. The molecule has 1 rings (SSSR count). The standard InChI is InChI=1S/C4H7BrO/c5-3-1-2-4(3)6/h3-4,6H,1-2H2. The van der Waals surface area contributed by atoms with Crippen LogP contribution >= 0.6 is 15.9 Å². The molecule has 6 heavy (non-hydrogen) atoms. The first-order chi connectivity index (χ1) is 2.80. The minimum Gasteiger partial charge on any atom is -0.392 e. The Bertz CT molecular complexity index is 47.5. The Labute approximate surface area is 45.5 Å². The molecule has 1 fully saturated rings. The van der Waals surface area contributed by atoms with Crippen molar-refractivity contribution in [2.24, 2.45) is 0 Å². The van der Waals surface area contributed by atoms with Gasteiger partial charge >= 0.3 is 0 Å². The van der Waals surface area contributed by atoms with Gasteiger partial charge in [0.05, 0.1) is 6.10 Å². The molecule has 0 saturated heterocycles. The van der Waals surface area contributed by atoms with E-state index in [2.05, 4.69) is 15.9 Å². The number of aliphatic hydroxyl groups excluding tert-OH is 1. The second-order valence-electron chi connectivity index (χ2n) is 1.66. The summed E-state index contributed by atoms with van der Waals surface area (Å²) in [6, 6.07) is 0. The van der Waals surface area contributed by atoms with Crippen LogP contribution in [0.4, 0.5) is 0 Å². The number of hydrogen-bond donors (Lipinski definition) is 1. The van der Waals surface area contributed by atoms with Crippen LogP contribution in [-0.4, -0.2) is 16.0 Å². The molecule has 1 aliphatic rings. The highest BCUT2D eigenvalue weighted by atomic mass is 79.9. The molecule has 0 radical (unpaired) electrons. The average Bonchev–Trinajstić information content (AvgIpc) is 1.61. The minimum absolute atomic E-state index is 0.0509. The van der Waals surface area contributed by atoms with Gasteiger partial charge in [-0.15, -0.1) is 0 Å². The second-order valence-corrected chi connectivity index (χ2v) is 2.84. The van der Waals surface area contributed by atoms with Crippen LogP contribution in [0.25, 0.3) is 0 Å². The van der Waals surface area contributed by atoms with Gasteiger partial charge < -0.3 is 5.11 Å². The summed E-state index contributed by atoms with van der Waals surface area (Å²) in [5.41, 5.74) is 0. The van der Waals surface area contributed by atoms with E-state index in [0.29, 0.717) is 4.83 Å². The summed E-state index contributed by atoms with van der Waals surface area (Å²) in [6.07, 6.45) is 2.07. The fourth-order valence-corrected chi connectivity index (χ4v) is 0.970. The van der Waals surface area contributed by atoms with E-state index in [1.165, 1.54) is 0 Å². The fraction of sp³-hybridized carbons (Fsp3) is 1.00. The SMILES string of the molecule is OC1CCC1Br. The van der Waals surface area contributed by atoms with Crippen LogP contribution < -0.4 is 0 Å². The number of alkyl halides is 1. The number of aliphatic hydroxyl groups is 1.